The zero-order valence-electron chi connectivity index (χ0n) is 17.9. The van der Waals surface area contributed by atoms with Crippen LogP contribution in [0.4, 0.5) is 11.4 Å². The van der Waals surface area contributed by atoms with E-state index >= 15 is 0 Å². The predicted molar refractivity (Wildman–Crippen MR) is 127 cm³/mol. The minimum atomic E-state index is -3.96. The SMILES string of the molecule is COc1ccccc1NS(=O)(=O)c1cc(NC(=O)CNC(=O)c2ccc(Cl)cc2)ccc1C. The van der Waals surface area contributed by atoms with Crippen LogP contribution >= 0.6 is 11.6 Å². The smallest absolute Gasteiger partial charge is 0.262 e. The highest BCUT2D eigenvalue weighted by molar-refractivity contribution is 7.92. The molecule has 0 spiro atoms. The fourth-order valence-corrected chi connectivity index (χ4v) is 4.43. The lowest BCUT2D eigenvalue weighted by Crippen LogP contribution is -2.32. The number of aryl methyl sites for hydroxylation is 1. The van der Waals surface area contributed by atoms with Crippen LogP contribution in [0.2, 0.25) is 5.02 Å². The van der Waals surface area contributed by atoms with Crippen LogP contribution in [0.1, 0.15) is 15.9 Å². The number of amides is 2. The van der Waals surface area contributed by atoms with Gasteiger partial charge in [0.1, 0.15) is 5.75 Å². The Balaban J connectivity index is 1.69. The molecule has 0 atom stereocenters. The second-order valence-corrected chi connectivity index (χ2v) is 9.11. The van der Waals surface area contributed by atoms with E-state index in [4.69, 9.17) is 16.3 Å². The van der Waals surface area contributed by atoms with E-state index in [2.05, 4.69) is 15.4 Å². The third-order valence-corrected chi connectivity index (χ3v) is 6.39. The van der Waals surface area contributed by atoms with Gasteiger partial charge in [0, 0.05) is 16.3 Å². The fraction of sp³-hybridized carbons (Fsp3) is 0.130. The van der Waals surface area contributed by atoms with Crippen molar-refractivity contribution in [2.24, 2.45) is 0 Å². The zero-order chi connectivity index (χ0) is 24.0. The van der Waals surface area contributed by atoms with Gasteiger partial charge >= 0.3 is 0 Å². The largest absolute Gasteiger partial charge is 0.495 e. The van der Waals surface area contributed by atoms with E-state index in [1.54, 1.807) is 67.6 Å². The number of nitrogens with one attached hydrogen (secondary N) is 3. The van der Waals surface area contributed by atoms with Gasteiger partial charge in [-0.2, -0.15) is 0 Å². The number of halogens is 1. The van der Waals surface area contributed by atoms with Gasteiger partial charge in [0.05, 0.1) is 24.2 Å². The highest BCUT2D eigenvalue weighted by atomic mass is 35.5. The van der Waals surface area contributed by atoms with Gasteiger partial charge in [0.15, 0.2) is 0 Å². The second-order valence-electron chi connectivity index (χ2n) is 7.02. The van der Waals surface area contributed by atoms with Crippen LogP contribution in [0.15, 0.2) is 71.6 Å². The van der Waals surface area contributed by atoms with Crippen molar-refractivity contribution in [1.82, 2.24) is 5.32 Å². The molecule has 0 aliphatic carbocycles. The highest BCUT2D eigenvalue weighted by Crippen LogP contribution is 2.28. The number of benzene rings is 3. The average molecular weight is 488 g/mol. The molecule has 8 nitrogen and oxygen atoms in total. The summed E-state index contributed by atoms with van der Waals surface area (Å²) in [5.41, 5.74) is 1.41. The van der Waals surface area contributed by atoms with Gasteiger partial charge in [-0.15, -0.1) is 0 Å². The van der Waals surface area contributed by atoms with Gasteiger partial charge in [-0.3, -0.25) is 14.3 Å². The zero-order valence-corrected chi connectivity index (χ0v) is 19.5. The summed E-state index contributed by atoms with van der Waals surface area (Å²) in [5, 5.41) is 5.59. The maximum absolute atomic E-state index is 13.0. The van der Waals surface area contributed by atoms with Crippen molar-refractivity contribution in [2.75, 3.05) is 23.7 Å². The van der Waals surface area contributed by atoms with Crippen LogP contribution in [0.25, 0.3) is 0 Å². The summed E-state index contributed by atoms with van der Waals surface area (Å²) < 4.78 is 33.7. The molecule has 3 aromatic rings. The molecule has 0 heterocycles. The lowest BCUT2D eigenvalue weighted by Gasteiger charge is -2.14. The van der Waals surface area contributed by atoms with Crippen LogP contribution in [-0.2, 0) is 14.8 Å². The number of methoxy groups -OCH3 is 1. The van der Waals surface area contributed by atoms with Gasteiger partial charge in [-0.25, -0.2) is 8.42 Å². The molecule has 0 aliphatic rings. The monoisotopic (exact) mass is 487 g/mol. The third-order valence-electron chi connectivity index (χ3n) is 4.63. The summed E-state index contributed by atoms with van der Waals surface area (Å²) in [5.74, 6) is -0.572. The maximum Gasteiger partial charge on any atom is 0.262 e. The van der Waals surface area contributed by atoms with E-state index in [1.807, 2.05) is 0 Å². The van der Waals surface area contributed by atoms with Crippen molar-refractivity contribution in [3.63, 3.8) is 0 Å². The minimum absolute atomic E-state index is 0.00333. The van der Waals surface area contributed by atoms with E-state index < -0.39 is 21.8 Å². The predicted octanol–water partition coefficient (Wildman–Crippen LogP) is 3.83. The van der Waals surface area contributed by atoms with Crippen LogP contribution in [0.3, 0.4) is 0 Å². The number of para-hydroxylation sites is 2. The van der Waals surface area contributed by atoms with Gasteiger partial charge in [-0.1, -0.05) is 29.8 Å². The first kappa shape index (κ1) is 24.1. The lowest BCUT2D eigenvalue weighted by atomic mass is 10.2. The first-order valence-electron chi connectivity index (χ1n) is 9.80. The number of sulfonamides is 1. The lowest BCUT2D eigenvalue weighted by molar-refractivity contribution is -0.115. The summed E-state index contributed by atoms with van der Waals surface area (Å²) in [6.07, 6.45) is 0. The van der Waals surface area contributed by atoms with Crippen LogP contribution in [-0.4, -0.2) is 33.9 Å². The molecule has 0 aromatic heterocycles. The first-order chi connectivity index (χ1) is 15.7. The van der Waals surface area contributed by atoms with Crippen LogP contribution in [0, 0.1) is 6.92 Å². The Kier molecular flexibility index (Phi) is 7.57. The molecule has 3 N–H and O–H groups in total. The molecule has 172 valence electrons. The fourth-order valence-electron chi connectivity index (χ4n) is 2.97. The molecule has 2 amide bonds. The standard InChI is InChI=1S/C23H22ClN3O5S/c1-15-7-12-18(26-22(28)14-25-23(29)16-8-10-17(24)11-9-16)13-21(15)33(30,31)27-19-5-3-4-6-20(19)32-2/h3-13,27H,14H2,1-2H3,(H,25,29)(H,26,28). The van der Waals surface area contributed by atoms with Gasteiger partial charge < -0.3 is 15.4 Å². The Morgan fingerprint density at radius 2 is 1.70 bits per heavy atom. The minimum Gasteiger partial charge on any atom is -0.495 e. The van der Waals surface area contributed by atoms with E-state index in [0.29, 0.717) is 27.6 Å². The Morgan fingerprint density at radius 1 is 1.00 bits per heavy atom. The van der Waals surface area contributed by atoms with Crippen molar-refractivity contribution in [3.8, 4) is 5.75 Å². The molecule has 0 saturated carbocycles. The average Bonchev–Trinajstić information content (AvgIpc) is 2.79. The van der Waals surface area contributed by atoms with Crippen molar-refractivity contribution in [1.29, 1.82) is 0 Å². The molecule has 0 radical (unpaired) electrons. The van der Waals surface area contributed by atoms with Gasteiger partial charge in [0.25, 0.3) is 15.9 Å². The Bertz CT molecular complexity index is 1280. The Hall–Kier alpha value is -3.56. The number of carbonyl (C=O) groups is 2. The molecular weight excluding hydrogens is 466 g/mol. The van der Waals surface area contributed by atoms with Crippen LogP contribution in [0.5, 0.6) is 5.75 Å². The molecule has 0 saturated heterocycles. The molecule has 0 fully saturated rings. The summed E-state index contributed by atoms with van der Waals surface area (Å²) in [7, 11) is -2.52. The maximum atomic E-state index is 13.0. The van der Waals surface area contributed by atoms with Crippen LogP contribution < -0.4 is 20.1 Å². The molecule has 0 aliphatic heterocycles. The summed E-state index contributed by atoms with van der Waals surface area (Å²) >= 11 is 5.80. The molecule has 3 aromatic carbocycles. The van der Waals surface area contributed by atoms with Crippen molar-refractivity contribution in [2.45, 2.75) is 11.8 Å². The second kappa shape index (κ2) is 10.4. The molecule has 33 heavy (non-hydrogen) atoms. The Morgan fingerprint density at radius 3 is 2.39 bits per heavy atom. The van der Waals surface area contributed by atoms with E-state index in [1.165, 1.54) is 13.2 Å². The highest BCUT2D eigenvalue weighted by Gasteiger charge is 2.20. The molecule has 3 rings (SSSR count). The molecule has 0 unspecified atom stereocenters. The summed E-state index contributed by atoms with van der Waals surface area (Å²) in [6, 6.07) is 17.4. The van der Waals surface area contributed by atoms with E-state index in [9.17, 15) is 18.0 Å². The van der Waals surface area contributed by atoms with Crippen molar-refractivity contribution in [3.05, 3.63) is 82.9 Å². The number of carbonyl (C=O) groups excluding carboxylic acids is 2. The summed E-state index contributed by atoms with van der Waals surface area (Å²) in [6.45, 7) is 1.35. The number of ether oxygens (including phenoxy) is 1. The molecule has 10 heteroatoms. The first-order valence-corrected chi connectivity index (χ1v) is 11.7. The van der Waals surface area contributed by atoms with Gasteiger partial charge in [0.2, 0.25) is 5.91 Å². The normalized spacial score (nSPS) is 10.9. The van der Waals surface area contributed by atoms with Crippen molar-refractivity contribution >= 4 is 44.8 Å². The number of hydrogen-bond acceptors (Lipinski definition) is 5. The number of hydrogen-bond donors (Lipinski definition) is 3. The third kappa shape index (κ3) is 6.24. The number of rotatable bonds is 8. The number of anilines is 2. The topological polar surface area (TPSA) is 114 Å². The van der Waals surface area contributed by atoms with Gasteiger partial charge in [-0.05, 0) is 61.0 Å². The Labute approximate surface area is 197 Å². The van der Waals surface area contributed by atoms with E-state index in [0.717, 1.165) is 0 Å². The van der Waals surface area contributed by atoms with Crippen molar-refractivity contribution < 1.29 is 22.7 Å². The molecular formula is C23H22ClN3O5S. The quantitative estimate of drug-likeness (QED) is 0.447. The molecule has 0 bridgehead atoms. The van der Waals surface area contributed by atoms with E-state index in [-0.39, 0.29) is 17.1 Å². The summed E-state index contributed by atoms with van der Waals surface area (Å²) in [4.78, 5) is 24.4.